The molecule has 3 aliphatic rings. The fourth-order valence-corrected chi connectivity index (χ4v) is 3.60. The van der Waals surface area contributed by atoms with E-state index in [0.717, 1.165) is 37.5 Å². The number of fused-ring (bicyclic) bond motifs is 1. The Morgan fingerprint density at radius 1 is 1.06 bits per heavy atom. The van der Waals surface area contributed by atoms with Gasteiger partial charge < -0.3 is 10.0 Å². The van der Waals surface area contributed by atoms with Crippen LogP contribution in [0.2, 0.25) is 0 Å². The highest BCUT2D eigenvalue weighted by molar-refractivity contribution is 5.85. The standard InChI is InChI=1S/C13H19NO3/c15-12(10-6-8-5-9(8)7-10)14-4-2-1-3-11(14)13(16)17/h8-11H,1-7H2,(H,16,17). The first-order chi connectivity index (χ1) is 8.16. The maximum Gasteiger partial charge on any atom is 0.326 e. The SMILES string of the molecule is O=C(O)C1CCCCN1C(=O)C1CC2CC2C1. The van der Waals surface area contributed by atoms with Crippen molar-refractivity contribution in [3.63, 3.8) is 0 Å². The van der Waals surface area contributed by atoms with Crippen LogP contribution >= 0.6 is 0 Å². The van der Waals surface area contributed by atoms with Crippen LogP contribution in [0, 0.1) is 17.8 Å². The van der Waals surface area contributed by atoms with E-state index in [4.69, 9.17) is 5.11 Å². The molecular formula is C13H19NO3. The molecule has 4 nitrogen and oxygen atoms in total. The van der Waals surface area contributed by atoms with Crippen LogP contribution < -0.4 is 0 Å². The predicted octanol–water partition coefficient (Wildman–Crippen LogP) is 1.50. The van der Waals surface area contributed by atoms with Crippen molar-refractivity contribution in [3.8, 4) is 0 Å². The molecular weight excluding hydrogens is 218 g/mol. The van der Waals surface area contributed by atoms with Crippen LogP contribution in [0.15, 0.2) is 0 Å². The number of carboxylic acids is 1. The predicted molar refractivity (Wildman–Crippen MR) is 61.3 cm³/mol. The zero-order chi connectivity index (χ0) is 12.0. The molecule has 0 radical (unpaired) electrons. The Morgan fingerprint density at radius 2 is 1.76 bits per heavy atom. The Balaban J connectivity index is 1.68. The first-order valence-electron chi connectivity index (χ1n) is 6.70. The van der Waals surface area contributed by atoms with Crippen LogP contribution in [-0.2, 0) is 9.59 Å². The number of hydrogen-bond acceptors (Lipinski definition) is 2. The van der Waals surface area contributed by atoms with Crippen molar-refractivity contribution < 1.29 is 14.7 Å². The van der Waals surface area contributed by atoms with E-state index < -0.39 is 12.0 Å². The molecule has 3 fully saturated rings. The number of piperidine rings is 1. The van der Waals surface area contributed by atoms with Gasteiger partial charge in [0.25, 0.3) is 0 Å². The summed E-state index contributed by atoms with van der Waals surface area (Å²) >= 11 is 0. The molecule has 1 N–H and O–H groups in total. The highest BCUT2D eigenvalue weighted by Crippen LogP contribution is 2.54. The normalized spacial score (nSPS) is 39.9. The average molecular weight is 237 g/mol. The van der Waals surface area contributed by atoms with E-state index in [9.17, 15) is 9.59 Å². The third kappa shape index (κ3) is 1.94. The van der Waals surface area contributed by atoms with Gasteiger partial charge in [0.15, 0.2) is 0 Å². The van der Waals surface area contributed by atoms with Gasteiger partial charge in [-0.05, 0) is 50.4 Å². The minimum atomic E-state index is -0.832. The molecule has 1 heterocycles. The largest absolute Gasteiger partial charge is 0.480 e. The lowest BCUT2D eigenvalue weighted by molar-refractivity contribution is -0.154. The summed E-state index contributed by atoms with van der Waals surface area (Å²) in [5.74, 6) is 0.957. The lowest BCUT2D eigenvalue weighted by Crippen LogP contribution is -2.50. The van der Waals surface area contributed by atoms with Crippen LogP contribution in [0.25, 0.3) is 0 Å². The van der Waals surface area contributed by atoms with Gasteiger partial charge in [-0.2, -0.15) is 0 Å². The smallest absolute Gasteiger partial charge is 0.326 e. The summed E-state index contributed by atoms with van der Waals surface area (Å²) in [7, 11) is 0. The molecule has 0 spiro atoms. The second-order valence-corrected chi connectivity index (χ2v) is 5.81. The number of hydrogen-bond donors (Lipinski definition) is 1. The van der Waals surface area contributed by atoms with Crippen LogP contribution in [0.1, 0.15) is 38.5 Å². The molecule has 0 aromatic rings. The highest BCUT2D eigenvalue weighted by atomic mass is 16.4. The maximum atomic E-state index is 12.3. The van der Waals surface area contributed by atoms with Crippen molar-refractivity contribution in [2.45, 2.75) is 44.6 Å². The second-order valence-electron chi connectivity index (χ2n) is 5.81. The van der Waals surface area contributed by atoms with Gasteiger partial charge >= 0.3 is 5.97 Å². The number of likely N-dealkylation sites (tertiary alicyclic amines) is 1. The molecule has 3 unspecified atom stereocenters. The molecule has 4 heteroatoms. The van der Waals surface area contributed by atoms with E-state index in [1.165, 1.54) is 6.42 Å². The number of aliphatic carboxylic acids is 1. The van der Waals surface area contributed by atoms with Gasteiger partial charge in [-0.15, -0.1) is 0 Å². The zero-order valence-electron chi connectivity index (χ0n) is 9.97. The first-order valence-corrected chi connectivity index (χ1v) is 6.70. The van der Waals surface area contributed by atoms with Gasteiger partial charge in [0, 0.05) is 12.5 Å². The van der Waals surface area contributed by atoms with Crippen molar-refractivity contribution in [1.29, 1.82) is 0 Å². The maximum absolute atomic E-state index is 12.3. The molecule has 1 aliphatic heterocycles. The lowest BCUT2D eigenvalue weighted by Gasteiger charge is -2.35. The minimum Gasteiger partial charge on any atom is -0.480 e. The van der Waals surface area contributed by atoms with E-state index in [2.05, 4.69) is 0 Å². The summed E-state index contributed by atoms with van der Waals surface area (Å²) in [5, 5.41) is 9.17. The number of carboxylic acid groups (broad SMARTS) is 1. The topological polar surface area (TPSA) is 57.6 Å². The molecule has 17 heavy (non-hydrogen) atoms. The lowest BCUT2D eigenvalue weighted by atomic mass is 9.96. The number of carbonyl (C=O) groups excluding carboxylic acids is 1. The summed E-state index contributed by atoms with van der Waals surface area (Å²) < 4.78 is 0. The molecule has 3 rings (SSSR count). The third-order valence-corrected chi connectivity index (χ3v) is 4.66. The third-order valence-electron chi connectivity index (χ3n) is 4.66. The Morgan fingerprint density at radius 3 is 2.41 bits per heavy atom. The van der Waals surface area contributed by atoms with Crippen molar-refractivity contribution >= 4 is 11.9 Å². The van der Waals surface area contributed by atoms with E-state index >= 15 is 0 Å². The van der Waals surface area contributed by atoms with Crippen LogP contribution in [0.4, 0.5) is 0 Å². The summed E-state index contributed by atoms with van der Waals surface area (Å²) in [4.78, 5) is 25.1. The molecule has 0 aromatic heterocycles. The minimum absolute atomic E-state index is 0.115. The summed E-state index contributed by atoms with van der Waals surface area (Å²) in [6, 6.07) is -0.562. The Bertz CT molecular complexity index is 345. The van der Waals surface area contributed by atoms with Crippen molar-refractivity contribution in [1.82, 2.24) is 4.90 Å². The average Bonchev–Trinajstić information content (AvgIpc) is 2.95. The molecule has 3 atom stereocenters. The van der Waals surface area contributed by atoms with Crippen LogP contribution in [0.3, 0.4) is 0 Å². The van der Waals surface area contributed by atoms with Crippen LogP contribution in [0.5, 0.6) is 0 Å². The van der Waals surface area contributed by atoms with E-state index in [0.29, 0.717) is 13.0 Å². The number of nitrogens with zero attached hydrogens (tertiary/aromatic N) is 1. The fourth-order valence-electron chi connectivity index (χ4n) is 3.60. The van der Waals surface area contributed by atoms with Crippen molar-refractivity contribution in [2.75, 3.05) is 6.54 Å². The number of amides is 1. The van der Waals surface area contributed by atoms with Crippen LogP contribution in [-0.4, -0.2) is 34.5 Å². The first kappa shape index (κ1) is 11.1. The molecule has 94 valence electrons. The molecule has 2 saturated carbocycles. The Labute approximate surface area is 101 Å². The van der Waals surface area contributed by atoms with E-state index in [-0.39, 0.29) is 11.8 Å². The van der Waals surface area contributed by atoms with Gasteiger partial charge in [-0.25, -0.2) is 4.79 Å². The summed E-state index contributed by atoms with van der Waals surface area (Å²) in [6.45, 7) is 0.641. The monoisotopic (exact) mass is 237 g/mol. The summed E-state index contributed by atoms with van der Waals surface area (Å²) in [5.41, 5.74) is 0. The van der Waals surface area contributed by atoms with Crippen molar-refractivity contribution in [3.05, 3.63) is 0 Å². The van der Waals surface area contributed by atoms with E-state index in [1.54, 1.807) is 4.90 Å². The fraction of sp³-hybridized carbons (Fsp3) is 0.846. The second kappa shape index (κ2) is 4.00. The quantitative estimate of drug-likeness (QED) is 0.791. The number of rotatable bonds is 2. The Hall–Kier alpha value is -1.06. The molecule has 2 aliphatic carbocycles. The van der Waals surface area contributed by atoms with E-state index in [1.807, 2.05) is 0 Å². The molecule has 0 aromatic carbocycles. The van der Waals surface area contributed by atoms with Gasteiger partial charge in [0.1, 0.15) is 6.04 Å². The van der Waals surface area contributed by atoms with Gasteiger partial charge in [-0.3, -0.25) is 4.79 Å². The highest BCUT2D eigenvalue weighted by Gasteiger charge is 2.49. The van der Waals surface area contributed by atoms with Gasteiger partial charge in [-0.1, -0.05) is 0 Å². The Kier molecular flexibility index (Phi) is 2.60. The zero-order valence-corrected chi connectivity index (χ0v) is 9.97. The van der Waals surface area contributed by atoms with Gasteiger partial charge in [0.2, 0.25) is 5.91 Å². The molecule has 1 saturated heterocycles. The molecule has 1 amide bonds. The molecule has 0 bridgehead atoms. The van der Waals surface area contributed by atoms with Crippen molar-refractivity contribution in [2.24, 2.45) is 17.8 Å². The number of carbonyl (C=O) groups is 2. The van der Waals surface area contributed by atoms with Gasteiger partial charge in [0.05, 0.1) is 0 Å². The summed E-state index contributed by atoms with van der Waals surface area (Å²) in [6.07, 6.45) is 5.82.